The second-order valence-electron chi connectivity index (χ2n) is 2.78. The summed E-state index contributed by atoms with van der Waals surface area (Å²) in [4.78, 5) is 0. The zero-order chi connectivity index (χ0) is 10.1. The molecule has 76 valence electrons. The van der Waals surface area contributed by atoms with Crippen LogP contribution in [-0.2, 0) is 4.74 Å². The van der Waals surface area contributed by atoms with Gasteiger partial charge in [-0.05, 0) is 12.8 Å². The van der Waals surface area contributed by atoms with E-state index < -0.39 is 12.5 Å². The molecular weight excluding hydrogens is 211 g/mol. The molecule has 0 spiro atoms. The molecule has 1 aliphatic carbocycles. The first-order valence-corrected chi connectivity index (χ1v) is 3.92. The Morgan fingerprint density at radius 3 is 2.38 bits per heavy atom. The van der Waals surface area contributed by atoms with Crippen LogP contribution in [-0.4, -0.2) is 22.8 Å². The number of rotatable bonds is 2. The quantitative estimate of drug-likeness (QED) is 0.438. The number of ether oxygens (including phenoxy) is 1. The topological polar surface area (TPSA) is 41.8 Å². The second-order valence-corrected chi connectivity index (χ2v) is 3.16. The standard InChI is InChI=1S/C6H7ClF3NO2/c7-5(11-12)3-1-4(2-3)13-6(8,9)10/h3-4,12H,1-2H2/b11-5-. The van der Waals surface area contributed by atoms with E-state index in [0.717, 1.165) is 0 Å². The molecule has 0 heterocycles. The summed E-state index contributed by atoms with van der Waals surface area (Å²) < 4.78 is 38.5. The van der Waals surface area contributed by atoms with Crippen LogP contribution in [0.1, 0.15) is 12.8 Å². The fourth-order valence-electron chi connectivity index (χ4n) is 1.13. The molecule has 0 aromatic heterocycles. The van der Waals surface area contributed by atoms with Gasteiger partial charge in [-0.3, -0.25) is 4.74 Å². The molecule has 1 fully saturated rings. The van der Waals surface area contributed by atoms with Crippen molar-refractivity contribution < 1.29 is 23.1 Å². The highest BCUT2D eigenvalue weighted by Crippen LogP contribution is 2.36. The SMILES string of the molecule is O/N=C(\Cl)C1CC(OC(F)(F)F)C1. The van der Waals surface area contributed by atoms with Gasteiger partial charge in [0.15, 0.2) is 0 Å². The molecule has 0 aliphatic heterocycles. The predicted octanol–water partition coefficient (Wildman–Crippen LogP) is 2.33. The molecule has 0 unspecified atom stereocenters. The van der Waals surface area contributed by atoms with Crippen molar-refractivity contribution in [3.63, 3.8) is 0 Å². The number of hydrogen-bond acceptors (Lipinski definition) is 3. The number of nitrogens with zero attached hydrogens (tertiary/aromatic N) is 1. The summed E-state index contributed by atoms with van der Waals surface area (Å²) in [5.74, 6) is -0.306. The fraction of sp³-hybridized carbons (Fsp3) is 0.833. The van der Waals surface area contributed by atoms with Crippen molar-refractivity contribution in [3.8, 4) is 0 Å². The number of alkyl halides is 3. The van der Waals surface area contributed by atoms with E-state index in [-0.39, 0.29) is 23.9 Å². The van der Waals surface area contributed by atoms with Gasteiger partial charge in [-0.1, -0.05) is 16.8 Å². The lowest BCUT2D eigenvalue weighted by Crippen LogP contribution is -2.38. The van der Waals surface area contributed by atoms with Gasteiger partial charge in [0.1, 0.15) is 5.17 Å². The first-order chi connectivity index (χ1) is 5.92. The molecule has 7 heteroatoms. The third-order valence-electron chi connectivity index (χ3n) is 1.83. The maximum atomic E-state index is 11.6. The van der Waals surface area contributed by atoms with Crippen LogP contribution in [0.3, 0.4) is 0 Å². The van der Waals surface area contributed by atoms with Gasteiger partial charge in [0.25, 0.3) is 0 Å². The molecule has 0 aromatic carbocycles. The molecule has 1 saturated carbocycles. The third-order valence-corrected chi connectivity index (χ3v) is 2.21. The van der Waals surface area contributed by atoms with Crippen molar-refractivity contribution in [1.29, 1.82) is 0 Å². The molecule has 1 aliphatic rings. The normalized spacial score (nSPS) is 30.0. The van der Waals surface area contributed by atoms with Gasteiger partial charge < -0.3 is 5.21 Å². The predicted molar refractivity (Wildman–Crippen MR) is 38.7 cm³/mol. The minimum atomic E-state index is -4.60. The smallest absolute Gasteiger partial charge is 0.410 e. The van der Waals surface area contributed by atoms with Crippen molar-refractivity contribution in [1.82, 2.24) is 0 Å². The van der Waals surface area contributed by atoms with E-state index in [1.807, 2.05) is 0 Å². The van der Waals surface area contributed by atoms with Gasteiger partial charge in [-0.15, -0.1) is 13.2 Å². The van der Waals surface area contributed by atoms with Crippen molar-refractivity contribution in [2.45, 2.75) is 25.3 Å². The van der Waals surface area contributed by atoms with E-state index >= 15 is 0 Å². The zero-order valence-electron chi connectivity index (χ0n) is 6.38. The Hall–Kier alpha value is -0.490. The summed E-state index contributed by atoms with van der Waals surface area (Å²) in [5.41, 5.74) is 0. The molecule has 3 nitrogen and oxygen atoms in total. The van der Waals surface area contributed by atoms with Gasteiger partial charge in [0, 0.05) is 5.92 Å². The number of halogens is 4. The number of hydrogen-bond donors (Lipinski definition) is 1. The Morgan fingerprint density at radius 1 is 1.46 bits per heavy atom. The lowest BCUT2D eigenvalue weighted by Gasteiger charge is -2.33. The fourth-order valence-corrected chi connectivity index (χ4v) is 1.31. The molecule has 0 saturated heterocycles. The van der Waals surface area contributed by atoms with E-state index in [1.165, 1.54) is 0 Å². The summed E-state index contributed by atoms with van der Waals surface area (Å²) in [6.07, 6.45) is -5.18. The second kappa shape index (κ2) is 3.71. The monoisotopic (exact) mass is 217 g/mol. The summed E-state index contributed by atoms with van der Waals surface area (Å²) in [5, 5.41) is 10.8. The zero-order valence-corrected chi connectivity index (χ0v) is 7.14. The first-order valence-electron chi connectivity index (χ1n) is 3.54. The van der Waals surface area contributed by atoms with Crippen molar-refractivity contribution in [2.24, 2.45) is 11.1 Å². The van der Waals surface area contributed by atoms with Crippen LogP contribution in [0, 0.1) is 5.92 Å². The number of oxime groups is 1. The summed E-state index contributed by atoms with van der Waals surface area (Å²) in [6.45, 7) is 0. The summed E-state index contributed by atoms with van der Waals surface area (Å²) in [7, 11) is 0. The van der Waals surface area contributed by atoms with Crippen LogP contribution in [0.15, 0.2) is 5.16 Å². The Kier molecular flexibility index (Phi) is 3.02. The molecular formula is C6H7ClF3NO2. The minimum absolute atomic E-state index is 0.0676. The lowest BCUT2D eigenvalue weighted by atomic mass is 9.83. The molecule has 0 atom stereocenters. The average Bonchev–Trinajstić information content (AvgIpc) is 1.92. The Morgan fingerprint density at radius 2 is 2.00 bits per heavy atom. The van der Waals surface area contributed by atoms with E-state index in [0.29, 0.717) is 0 Å². The summed E-state index contributed by atoms with van der Waals surface area (Å²) >= 11 is 5.37. The molecule has 13 heavy (non-hydrogen) atoms. The van der Waals surface area contributed by atoms with E-state index in [4.69, 9.17) is 16.8 Å². The van der Waals surface area contributed by atoms with Crippen molar-refractivity contribution in [3.05, 3.63) is 0 Å². The molecule has 1 N–H and O–H groups in total. The van der Waals surface area contributed by atoms with Gasteiger partial charge in [-0.25, -0.2) is 0 Å². The maximum absolute atomic E-state index is 11.6. The van der Waals surface area contributed by atoms with Crippen molar-refractivity contribution in [2.75, 3.05) is 0 Å². The Labute approximate surface area is 77.1 Å². The van der Waals surface area contributed by atoms with Crippen LogP contribution in [0.5, 0.6) is 0 Å². The van der Waals surface area contributed by atoms with Crippen LogP contribution >= 0.6 is 11.6 Å². The highest BCUT2D eigenvalue weighted by atomic mass is 35.5. The maximum Gasteiger partial charge on any atom is 0.522 e. The van der Waals surface area contributed by atoms with Gasteiger partial charge >= 0.3 is 6.36 Å². The van der Waals surface area contributed by atoms with E-state index in [2.05, 4.69) is 9.89 Å². The molecule has 0 amide bonds. The minimum Gasteiger partial charge on any atom is -0.410 e. The Balaban J connectivity index is 2.27. The molecule has 0 radical (unpaired) electrons. The van der Waals surface area contributed by atoms with E-state index in [1.54, 1.807) is 0 Å². The molecule has 1 rings (SSSR count). The van der Waals surface area contributed by atoms with Crippen LogP contribution in [0.4, 0.5) is 13.2 Å². The van der Waals surface area contributed by atoms with Crippen LogP contribution < -0.4 is 0 Å². The first kappa shape index (κ1) is 10.6. The van der Waals surface area contributed by atoms with Crippen molar-refractivity contribution >= 4 is 16.8 Å². The lowest BCUT2D eigenvalue weighted by molar-refractivity contribution is -0.352. The largest absolute Gasteiger partial charge is 0.522 e. The van der Waals surface area contributed by atoms with Gasteiger partial charge in [-0.2, -0.15) is 0 Å². The highest BCUT2D eigenvalue weighted by Gasteiger charge is 2.41. The Bertz CT molecular complexity index is 212. The summed E-state index contributed by atoms with van der Waals surface area (Å²) in [6, 6.07) is 0. The third kappa shape index (κ3) is 3.04. The van der Waals surface area contributed by atoms with Gasteiger partial charge in [0.2, 0.25) is 0 Å². The van der Waals surface area contributed by atoms with Crippen LogP contribution in [0.2, 0.25) is 0 Å². The average molecular weight is 218 g/mol. The van der Waals surface area contributed by atoms with Gasteiger partial charge in [0.05, 0.1) is 6.10 Å². The molecule has 0 aromatic rings. The van der Waals surface area contributed by atoms with Crippen LogP contribution in [0.25, 0.3) is 0 Å². The highest BCUT2D eigenvalue weighted by molar-refractivity contribution is 6.65. The van der Waals surface area contributed by atoms with E-state index in [9.17, 15) is 13.2 Å². The molecule has 0 bridgehead atoms.